The summed E-state index contributed by atoms with van der Waals surface area (Å²) in [4.78, 5) is 29.6. The van der Waals surface area contributed by atoms with Gasteiger partial charge in [0.1, 0.15) is 6.04 Å². The molecule has 1 atom stereocenters. The minimum absolute atomic E-state index is 0.0780. The van der Waals surface area contributed by atoms with Crippen LogP contribution in [0, 0.1) is 5.92 Å². The van der Waals surface area contributed by atoms with Crippen molar-refractivity contribution in [3.63, 3.8) is 0 Å². The Morgan fingerprint density at radius 3 is 2.30 bits per heavy atom. The van der Waals surface area contributed by atoms with Crippen LogP contribution in [0.2, 0.25) is 0 Å². The Bertz CT molecular complexity index is 360. The minimum Gasteiger partial charge on any atom is -0.347 e. The molecule has 114 valence electrons. The van der Waals surface area contributed by atoms with Crippen LogP contribution in [0.15, 0.2) is 0 Å². The van der Waals surface area contributed by atoms with E-state index in [9.17, 15) is 9.59 Å². The van der Waals surface area contributed by atoms with E-state index in [2.05, 4.69) is 10.2 Å². The molecule has 1 unspecified atom stereocenters. The van der Waals surface area contributed by atoms with Gasteiger partial charge in [0.05, 0.1) is 0 Å². The fraction of sp³-hybridized carbons (Fsp3) is 0.857. The molecule has 1 N–H and O–H groups in total. The number of carbonyl (C=O) groups excluding carboxylic acids is 2. The van der Waals surface area contributed by atoms with Crippen molar-refractivity contribution in [1.29, 1.82) is 0 Å². The summed E-state index contributed by atoms with van der Waals surface area (Å²) in [6.07, 6.45) is 2.73. The predicted molar refractivity (Wildman–Crippen MR) is 77.4 cm³/mol. The molecule has 1 saturated heterocycles. The van der Waals surface area contributed by atoms with Gasteiger partial charge in [-0.05, 0) is 25.7 Å². The van der Waals surface area contributed by atoms with Crippen molar-refractivity contribution in [2.24, 2.45) is 5.92 Å². The smallest absolute Gasteiger partial charge is 0.318 e. The maximum atomic E-state index is 12.1. The molecule has 6 nitrogen and oxygen atoms in total. The Hall–Kier alpha value is -1.30. The lowest BCUT2D eigenvalue weighted by Gasteiger charge is -2.35. The van der Waals surface area contributed by atoms with Gasteiger partial charge in [-0.3, -0.25) is 9.69 Å². The number of rotatable bonds is 4. The third-order valence-corrected chi connectivity index (χ3v) is 4.02. The summed E-state index contributed by atoms with van der Waals surface area (Å²) in [7, 11) is 3.39. The lowest BCUT2D eigenvalue weighted by Crippen LogP contribution is -2.55. The van der Waals surface area contributed by atoms with E-state index in [1.54, 1.807) is 21.0 Å². The SMILES string of the molecule is CC(NC(=O)N1CCN(CC2CC2)CC1)C(=O)N(C)C. The fourth-order valence-corrected chi connectivity index (χ4v) is 2.52. The van der Waals surface area contributed by atoms with Crippen molar-refractivity contribution in [1.82, 2.24) is 20.0 Å². The standard InChI is InChI=1S/C14H26N4O2/c1-11(13(19)16(2)3)15-14(20)18-8-6-17(7-9-18)10-12-4-5-12/h11-12H,4-10H2,1-3H3,(H,15,20). The van der Waals surface area contributed by atoms with E-state index < -0.39 is 6.04 Å². The molecular formula is C14H26N4O2. The zero-order valence-electron chi connectivity index (χ0n) is 12.8. The molecule has 6 heteroatoms. The molecule has 2 rings (SSSR count). The number of likely N-dealkylation sites (N-methyl/N-ethyl adjacent to an activating group) is 1. The number of nitrogens with zero attached hydrogens (tertiary/aromatic N) is 3. The van der Waals surface area contributed by atoms with E-state index in [0.29, 0.717) is 0 Å². The summed E-state index contributed by atoms with van der Waals surface area (Å²) in [5, 5.41) is 2.78. The highest BCUT2D eigenvalue weighted by Gasteiger charge is 2.28. The lowest BCUT2D eigenvalue weighted by atomic mass is 10.2. The maximum absolute atomic E-state index is 12.1. The van der Waals surface area contributed by atoms with Crippen molar-refractivity contribution in [2.45, 2.75) is 25.8 Å². The third kappa shape index (κ3) is 4.10. The molecule has 0 aromatic rings. The molecule has 1 heterocycles. The highest BCUT2D eigenvalue weighted by atomic mass is 16.2. The van der Waals surface area contributed by atoms with Gasteiger partial charge in [0, 0.05) is 46.8 Å². The molecule has 3 amide bonds. The number of nitrogens with one attached hydrogen (secondary N) is 1. The van der Waals surface area contributed by atoms with Crippen LogP contribution in [0.4, 0.5) is 4.79 Å². The first-order chi connectivity index (χ1) is 9.47. The summed E-state index contributed by atoms with van der Waals surface area (Å²) < 4.78 is 0. The summed E-state index contributed by atoms with van der Waals surface area (Å²) in [6.45, 7) is 6.30. The van der Waals surface area contributed by atoms with Gasteiger partial charge in [0.15, 0.2) is 0 Å². The summed E-state index contributed by atoms with van der Waals surface area (Å²) in [6, 6.07) is -0.597. The largest absolute Gasteiger partial charge is 0.347 e. The molecule has 2 fully saturated rings. The molecule has 0 aromatic heterocycles. The van der Waals surface area contributed by atoms with E-state index in [-0.39, 0.29) is 11.9 Å². The Kier molecular flexibility index (Phi) is 4.86. The topological polar surface area (TPSA) is 55.9 Å². The van der Waals surface area contributed by atoms with Crippen LogP contribution in [0.5, 0.6) is 0 Å². The average Bonchev–Trinajstić information content (AvgIpc) is 3.22. The van der Waals surface area contributed by atoms with Crippen molar-refractivity contribution >= 4 is 11.9 Å². The molecule has 1 aliphatic carbocycles. The highest BCUT2D eigenvalue weighted by Crippen LogP contribution is 2.29. The number of carbonyl (C=O) groups is 2. The van der Waals surface area contributed by atoms with Crippen LogP contribution in [0.3, 0.4) is 0 Å². The Morgan fingerprint density at radius 1 is 1.20 bits per heavy atom. The number of hydrogen-bond acceptors (Lipinski definition) is 3. The zero-order chi connectivity index (χ0) is 14.7. The minimum atomic E-state index is -0.470. The van der Waals surface area contributed by atoms with Crippen LogP contribution in [0.25, 0.3) is 0 Å². The molecule has 1 aliphatic heterocycles. The lowest BCUT2D eigenvalue weighted by molar-refractivity contribution is -0.130. The monoisotopic (exact) mass is 282 g/mol. The third-order valence-electron chi connectivity index (χ3n) is 4.02. The van der Waals surface area contributed by atoms with Crippen molar-refractivity contribution in [2.75, 3.05) is 46.8 Å². The first-order valence-electron chi connectivity index (χ1n) is 7.46. The van der Waals surface area contributed by atoms with Crippen LogP contribution >= 0.6 is 0 Å². The Balaban J connectivity index is 1.72. The molecular weight excluding hydrogens is 256 g/mol. The van der Waals surface area contributed by atoms with Gasteiger partial charge in [-0.1, -0.05) is 0 Å². The molecule has 0 spiro atoms. The summed E-state index contributed by atoms with van der Waals surface area (Å²) >= 11 is 0. The Morgan fingerprint density at radius 2 is 1.80 bits per heavy atom. The van der Waals surface area contributed by atoms with Gasteiger partial charge in [0.2, 0.25) is 5.91 Å². The van der Waals surface area contributed by atoms with Crippen LogP contribution in [-0.4, -0.2) is 79.5 Å². The zero-order valence-corrected chi connectivity index (χ0v) is 12.8. The number of amides is 3. The van der Waals surface area contributed by atoms with Gasteiger partial charge in [-0.2, -0.15) is 0 Å². The van der Waals surface area contributed by atoms with Crippen molar-refractivity contribution in [3.05, 3.63) is 0 Å². The van der Waals surface area contributed by atoms with Gasteiger partial charge in [0.25, 0.3) is 0 Å². The number of hydrogen-bond donors (Lipinski definition) is 1. The number of piperazine rings is 1. The van der Waals surface area contributed by atoms with Crippen LogP contribution < -0.4 is 5.32 Å². The molecule has 0 aromatic carbocycles. The van der Waals surface area contributed by atoms with Crippen LogP contribution in [0.1, 0.15) is 19.8 Å². The second-order valence-electron chi connectivity index (χ2n) is 6.13. The second kappa shape index (κ2) is 6.43. The quantitative estimate of drug-likeness (QED) is 0.801. The predicted octanol–water partition coefficient (Wildman–Crippen LogP) is 0.200. The van der Waals surface area contributed by atoms with Gasteiger partial charge < -0.3 is 15.1 Å². The van der Waals surface area contributed by atoms with Crippen LogP contribution in [-0.2, 0) is 4.79 Å². The molecule has 20 heavy (non-hydrogen) atoms. The number of urea groups is 1. The molecule has 0 radical (unpaired) electrons. The van der Waals surface area contributed by atoms with Gasteiger partial charge >= 0.3 is 6.03 Å². The van der Waals surface area contributed by atoms with E-state index >= 15 is 0 Å². The van der Waals surface area contributed by atoms with Crippen molar-refractivity contribution < 1.29 is 9.59 Å². The molecule has 0 bridgehead atoms. The van der Waals surface area contributed by atoms with Gasteiger partial charge in [-0.25, -0.2) is 4.79 Å². The van der Waals surface area contributed by atoms with E-state index in [4.69, 9.17) is 0 Å². The normalized spacial score (nSPS) is 21.4. The van der Waals surface area contributed by atoms with E-state index in [0.717, 1.165) is 32.1 Å². The van der Waals surface area contributed by atoms with E-state index in [1.165, 1.54) is 24.3 Å². The molecule has 2 aliphatic rings. The second-order valence-corrected chi connectivity index (χ2v) is 6.13. The first-order valence-corrected chi connectivity index (χ1v) is 7.46. The van der Waals surface area contributed by atoms with E-state index in [1.807, 2.05) is 4.90 Å². The highest BCUT2D eigenvalue weighted by molar-refractivity contribution is 5.86. The fourth-order valence-electron chi connectivity index (χ4n) is 2.52. The maximum Gasteiger partial charge on any atom is 0.318 e. The molecule has 1 saturated carbocycles. The van der Waals surface area contributed by atoms with Gasteiger partial charge in [-0.15, -0.1) is 0 Å². The van der Waals surface area contributed by atoms with Crippen molar-refractivity contribution in [3.8, 4) is 0 Å². The Labute approximate surface area is 121 Å². The summed E-state index contributed by atoms with van der Waals surface area (Å²) in [5.41, 5.74) is 0. The first kappa shape index (κ1) is 15.1. The summed E-state index contributed by atoms with van der Waals surface area (Å²) in [5.74, 6) is 0.818. The average molecular weight is 282 g/mol.